The Labute approximate surface area is 103 Å². The van der Waals surface area contributed by atoms with Gasteiger partial charge in [0.25, 0.3) is 0 Å². The highest BCUT2D eigenvalue weighted by atomic mass is 79.9. The fraction of sp³-hybridized carbons (Fsp3) is 0.400. The number of nitrogen functional groups attached to an aromatic ring is 1. The van der Waals surface area contributed by atoms with Crippen molar-refractivity contribution in [3.8, 4) is 5.88 Å². The summed E-state index contributed by atoms with van der Waals surface area (Å²) in [4.78, 5) is 8.00. The van der Waals surface area contributed by atoms with Crippen molar-refractivity contribution in [3.05, 3.63) is 17.4 Å². The fourth-order valence-electron chi connectivity index (χ4n) is 1.02. The van der Waals surface area contributed by atoms with Crippen LogP contribution in [0, 0.1) is 0 Å². The molecule has 0 spiro atoms. The van der Waals surface area contributed by atoms with Gasteiger partial charge in [-0.1, -0.05) is 22.5 Å². The number of nitrogens with two attached hydrogens (primary N) is 1. The average molecular weight is 287 g/mol. The van der Waals surface area contributed by atoms with Gasteiger partial charge >= 0.3 is 0 Å². The lowest BCUT2D eigenvalue weighted by Crippen LogP contribution is -2.12. The van der Waals surface area contributed by atoms with Gasteiger partial charge in [0.2, 0.25) is 5.88 Å². The molecule has 6 heteroatoms. The van der Waals surface area contributed by atoms with Gasteiger partial charge in [-0.2, -0.15) is 4.98 Å². The molecule has 0 aliphatic rings. The molecule has 0 saturated carbocycles. The number of hydrogen-bond donors (Lipinski definition) is 2. The van der Waals surface area contributed by atoms with E-state index < -0.39 is 0 Å². The molecule has 0 bridgehead atoms. The van der Waals surface area contributed by atoms with Crippen molar-refractivity contribution in [1.82, 2.24) is 9.97 Å². The highest BCUT2D eigenvalue weighted by Crippen LogP contribution is 2.25. The molecular weight excluding hydrogens is 272 g/mol. The Bertz CT molecular complexity index is 381. The Morgan fingerprint density at radius 2 is 2.31 bits per heavy atom. The minimum Gasteiger partial charge on any atom is -0.473 e. The zero-order valence-electron chi connectivity index (χ0n) is 9.33. The smallest absolute Gasteiger partial charge is 0.242 e. The van der Waals surface area contributed by atoms with Gasteiger partial charge in [0, 0.05) is 11.0 Å². The summed E-state index contributed by atoms with van der Waals surface area (Å²) < 4.78 is 6.26. The standard InChI is InChI=1S/C10H15BrN4O/c1-6(2)16-10-8(12)9(14-5-15-10)13-4-7(3)11/h5-6H,3-4,12H2,1-2H3,(H,13,14,15). The van der Waals surface area contributed by atoms with Crippen molar-refractivity contribution in [2.24, 2.45) is 0 Å². The van der Waals surface area contributed by atoms with Gasteiger partial charge in [-0.3, -0.25) is 0 Å². The maximum absolute atomic E-state index is 5.86. The van der Waals surface area contributed by atoms with E-state index in [-0.39, 0.29) is 6.10 Å². The second-order valence-electron chi connectivity index (χ2n) is 3.48. The second kappa shape index (κ2) is 5.69. The first kappa shape index (κ1) is 12.8. The zero-order valence-corrected chi connectivity index (χ0v) is 10.9. The molecule has 0 radical (unpaired) electrons. The number of rotatable bonds is 5. The van der Waals surface area contributed by atoms with E-state index in [0.29, 0.717) is 23.9 Å². The maximum atomic E-state index is 5.86. The largest absolute Gasteiger partial charge is 0.473 e. The van der Waals surface area contributed by atoms with Crippen LogP contribution >= 0.6 is 15.9 Å². The minimum absolute atomic E-state index is 0.0243. The zero-order chi connectivity index (χ0) is 12.1. The number of halogens is 1. The Kier molecular flexibility index (Phi) is 4.54. The van der Waals surface area contributed by atoms with E-state index in [4.69, 9.17) is 10.5 Å². The molecule has 88 valence electrons. The summed E-state index contributed by atoms with van der Waals surface area (Å²) >= 11 is 3.24. The highest BCUT2D eigenvalue weighted by molar-refractivity contribution is 9.11. The molecule has 0 aliphatic heterocycles. The van der Waals surface area contributed by atoms with E-state index in [1.807, 2.05) is 13.8 Å². The number of nitrogens with zero attached hydrogens (tertiary/aromatic N) is 2. The van der Waals surface area contributed by atoms with E-state index in [9.17, 15) is 0 Å². The lowest BCUT2D eigenvalue weighted by molar-refractivity contribution is 0.234. The van der Waals surface area contributed by atoms with Crippen molar-refractivity contribution in [3.63, 3.8) is 0 Å². The molecule has 3 N–H and O–H groups in total. The van der Waals surface area contributed by atoms with Gasteiger partial charge in [-0.15, -0.1) is 0 Å². The fourth-order valence-corrected chi connectivity index (χ4v) is 1.16. The van der Waals surface area contributed by atoms with Crippen molar-refractivity contribution in [2.45, 2.75) is 20.0 Å². The number of aromatic nitrogens is 2. The SMILES string of the molecule is C=C(Br)CNc1ncnc(OC(C)C)c1N. The second-order valence-corrected chi connectivity index (χ2v) is 4.60. The van der Waals surface area contributed by atoms with Crippen LogP contribution in [0.25, 0.3) is 0 Å². The molecule has 0 aliphatic carbocycles. The molecule has 1 heterocycles. The van der Waals surface area contributed by atoms with Crippen LogP contribution in [0.5, 0.6) is 5.88 Å². The predicted molar refractivity (Wildman–Crippen MR) is 68.8 cm³/mol. The Hall–Kier alpha value is -1.30. The van der Waals surface area contributed by atoms with Crippen LogP contribution in [0.1, 0.15) is 13.8 Å². The van der Waals surface area contributed by atoms with E-state index >= 15 is 0 Å². The molecule has 0 saturated heterocycles. The minimum atomic E-state index is 0.0243. The summed E-state index contributed by atoms with van der Waals surface area (Å²) in [6, 6.07) is 0. The third-order valence-corrected chi connectivity index (χ3v) is 1.92. The monoisotopic (exact) mass is 286 g/mol. The molecular formula is C10H15BrN4O. The molecule has 1 rings (SSSR count). The van der Waals surface area contributed by atoms with Crippen LogP contribution in [-0.4, -0.2) is 22.6 Å². The van der Waals surface area contributed by atoms with Gasteiger partial charge < -0.3 is 15.8 Å². The summed E-state index contributed by atoms with van der Waals surface area (Å²) in [6.45, 7) is 8.08. The van der Waals surface area contributed by atoms with Crippen LogP contribution < -0.4 is 15.8 Å². The number of ether oxygens (including phenoxy) is 1. The molecule has 5 nitrogen and oxygen atoms in total. The summed E-state index contributed by atoms with van der Waals surface area (Å²) in [5.41, 5.74) is 6.27. The number of nitrogens with one attached hydrogen (secondary N) is 1. The molecule has 16 heavy (non-hydrogen) atoms. The highest BCUT2D eigenvalue weighted by Gasteiger charge is 2.10. The first-order valence-electron chi connectivity index (χ1n) is 4.85. The predicted octanol–water partition coefficient (Wildman–Crippen LogP) is 2.17. The lowest BCUT2D eigenvalue weighted by Gasteiger charge is -2.13. The Morgan fingerprint density at radius 1 is 1.62 bits per heavy atom. The van der Waals surface area contributed by atoms with E-state index in [2.05, 4.69) is 37.8 Å². The Morgan fingerprint density at radius 3 is 2.88 bits per heavy atom. The first-order valence-corrected chi connectivity index (χ1v) is 5.64. The van der Waals surface area contributed by atoms with Crippen molar-refractivity contribution < 1.29 is 4.74 Å². The summed E-state index contributed by atoms with van der Waals surface area (Å²) in [5, 5.41) is 3.02. The quantitative estimate of drug-likeness (QED) is 0.868. The molecule has 0 atom stereocenters. The Balaban J connectivity index is 2.81. The van der Waals surface area contributed by atoms with Crippen LogP contribution in [-0.2, 0) is 0 Å². The summed E-state index contributed by atoms with van der Waals surface area (Å²) in [7, 11) is 0. The molecule has 0 aromatic carbocycles. The van der Waals surface area contributed by atoms with Crippen molar-refractivity contribution in [2.75, 3.05) is 17.6 Å². The average Bonchev–Trinajstić information content (AvgIpc) is 2.18. The van der Waals surface area contributed by atoms with E-state index in [1.165, 1.54) is 6.33 Å². The number of anilines is 2. The third kappa shape index (κ3) is 3.69. The van der Waals surface area contributed by atoms with Crippen LogP contribution in [0.15, 0.2) is 17.4 Å². The molecule has 0 fully saturated rings. The number of hydrogen-bond acceptors (Lipinski definition) is 5. The summed E-state index contributed by atoms with van der Waals surface area (Å²) in [6.07, 6.45) is 1.43. The van der Waals surface area contributed by atoms with E-state index in [0.717, 1.165) is 4.48 Å². The molecule has 0 amide bonds. The van der Waals surface area contributed by atoms with Crippen LogP contribution in [0.4, 0.5) is 11.5 Å². The van der Waals surface area contributed by atoms with Gasteiger partial charge in [0.15, 0.2) is 5.82 Å². The van der Waals surface area contributed by atoms with Crippen LogP contribution in [0.3, 0.4) is 0 Å². The van der Waals surface area contributed by atoms with Crippen molar-refractivity contribution >= 4 is 27.4 Å². The lowest BCUT2D eigenvalue weighted by atomic mass is 10.4. The van der Waals surface area contributed by atoms with E-state index in [1.54, 1.807) is 0 Å². The molecule has 0 unspecified atom stereocenters. The molecule has 1 aromatic heterocycles. The molecule has 1 aromatic rings. The maximum Gasteiger partial charge on any atom is 0.242 e. The normalized spacial score (nSPS) is 10.2. The van der Waals surface area contributed by atoms with Gasteiger partial charge in [-0.25, -0.2) is 4.98 Å². The van der Waals surface area contributed by atoms with Crippen LogP contribution in [0.2, 0.25) is 0 Å². The van der Waals surface area contributed by atoms with Gasteiger partial charge in [-0.05, 0) is 13.8 Å². The summed E-state index contributed by atoms with van der Waals surface area (Å²) in [5.74, 6) is 0.943. The van der Waals surface area contributed by atoms with Gasteiger partial charge in [0.05, 0.1) is 6.10 Å². The first-order chi connectivity index (χ1) is 7.50. The third-order valence-electron chi connectivity index (χ3n) is 1.64. The topological polar surface area (TPSA) is 73.1 Å². The van der Waals surface area contributed by atoms with Gasteiger partial charge in [0.1, 0.15) is 12.0 Å². The van der Waals surface area contributed by atoms with Crippen molar-refractivity contribution in [1.29, 1.82) is 0 Å².